The fraction of sp³-hybridized carbons (Fsp3) is 0.750. The van der Waals surface area contributed by atoms with Crippen molar-refractivity contribution in [3.05, 3.63) is 12.4 Å². The number of nitrogens with zero attached hydrogens (tertiary/aromatic N) is 2. The second-order valence-electron chi connectivity index (χ2n) is 3.82. The molecule has 1 rings (SSSR count). The average molecular weight is 257 g/mol. The van der Waals surface area contributed by atoms with Crippen molar-refractivity contribution in [1.82, 2.24) is 14.9 Å². The Kier molecular flexibility index (Phi) is 8.13. The molecule has 1 N–H and O–H groups in total. The van der Waals surface area contributed by atoms with E-state index in [4.69, 9.17) is 4.74 Å². The van der Waals surface area contributed by atoms with E-state index in [-0.39, 0.29) is 0 Å². The lowest BCUT2D eigenvalue weighted by Gasteiger charge is -2.05. The van der Waals surface area contributed by atoms with Crippen LogP contribution >= 0.6 is 11.8 Å². The zero-order valence-corrected chi connectivity index (χ0v) is 11.6. The maximum atomic E-state index is 5.28. The Balaban J connectivity index is 1.86. The van der Waals surface area contributed by atoms with Crippen molar-refractivity contribution in [3.63, 3.8) is 0 Å². The van der Waals surface area contributed by atoms with E-state index >= 15 is 0 Å². The maximum Gasteiger partial charge on any atom is 0.167 e. The number of imidazole rings is 1. The topological polar surface area (TPSA) is 39.1 Å². The molecule has 0 aromatic carbocycles. The Labute approximate surface area is 108 Å². The maximum absolute atomic E-state index is 5.28. The lowest BCUT2D eigenvalue weighted by Crippen LogP contribution is -2.19. The third-order valence-corrected chi connectivity index (χ3v) is 3.44. The first-order chi connectivity index (χ1) is 8.34. The average Bonchev–Trinajstić information content (AvgIpc) is 2.73. The van der Waals surface area contributed by atoms with Crippen LogP contribution in [0.3, 0.4) is 0 Å². The predicted octanol–water partition coefficient (Wildman–Crippen LogP) is 1.92. The smallest absolute Gasteiger partial charge is 0.167 e. The molecule has 1 heterocycles. The van der Waals surface area contributed by atoms with E-state index in [0.29, 0.717) is 0 Å². The summed E-state index contributed by atoms with van der Waals surface area (Å²) in [5, 5.41) is 4.52. The molecule has 0 amide bonds. The zero-order valence-electron chi connectivity index (χ0n) is 10.8. The molecule has 0 bridgehead atoms. The Morgan fingerprint density at radius 2 is 2.29 bits per heavy atom. The summed E-state index contributed by atoms with van der Waals surface area (Å²) in [4.78, 5) is 4.27. The van der Waals surface area contributed by atoms with Crippen LogP contribution in [0.15, 0.2) is 17.6 Å². The van der Waals surface area contributed by atoms with Gasteiger partial charge in [0.2, 0.25) is 0 Å². The van der Waals surface area contributed by atoms with Gasteiger partial charge in [-0.25, -0.2) is 4.98 Å². The van der Waals surface area contributed by atoms with Gasteiger partial charge in [0, 0.05) is 45.0 Å². The van der Waals surface area contributed by atoms with Crippen LogP contribution in [0.2, 0.25) is 0 Å². The van der Waals surface area contributed by atoms with Gasteiger partial charge in [-0.2, -0.15) is 0 Å². The second kappa shape index (κ2) is 9.50. The first kappa shape index (κ1) is 14.5. The number of rotatable bonds is 10. The molecule has 0 unspecified atom stereocenters. The number of nitrogens with one attached hydrogen (secondary N) is 1. The first-order valence-corrected chi connectivity index (χ1v) is 7.21. The highest BCUT2D eigenvalue weighted by molar-refractivity contribution is 7.99. The van der Waals surface area contributed by atoms with Crippen LogP contribution in [0.25, 0.3) is 0 Å². The molecule has 98 valence electrons. The molecule has 17 heavy (non-hydrogen) atoms. The fourth-order valence-electron chi connectivity index (χ4n) is 1.43. The Morgan fingerprint density at radius 1 is 1.41 bits per heavy atom. The minimum absolute atomic E-state index is 0.827. The first-order valence-electron chi connectivity index (χ1n) is 6.23. The van der Waals surface area contributed by atoms with Gasteiger partial charge in [0.1, 0.15) is 0 Å². The van der Waals surface area contributed by atoms with E-state index in [0.717, 1.165) is 43.6 Å². The van der Waals surface area contributed by atoms with Gasteiger partial charge in [-0.05, 0) is 26.3 Å². The normalized spacial score (nSPS) is 10.9. The molecule has 0 aliphatic carbocycles. The quantitative estimate of drug-likeness (QED) is 0.513. The van der Waals surface area contributed by atoms with E-state index in [1.54, 1.807) is 11.8 Å². The van der Waals surface area contributed by atoms with E-state index in [1.165, 1.54) is 6.42 Å². The lowest BCUT2D eigenvalue weighted by atomic mass is 10.3. The number of ether oxygens (including phenoxy) is 1. The summed E-state index contributed by atoms with van der Waals surface area (Å²) in [7, 11) is 2.02. The number of hydrogen-bond acceptors (Lipinski definition) is 4. The summed E-state index contributed by atoms with van der Waals surface area (Å²) >= 11 is 1.79. The van der Waals surface area contributed by atoms with Gasteiger partial charge in [-0.15, -0.1) is 0 Å². The molecule has 4 nitrogen and oxygen atoms in total. The summed E-state index contributed by atoms with van der Waals surface area (Å²) in [6.07, 6.45) is 6.15. The lowest BCUT2D eigenvalue weighted by molar-refractivity contribution is 0.143. The molecule has 0 aliphatic rings. The molecule has 0 saturated heterocycles. The van der Waals surface area contributed by atoms with Crippen LogP contribution in [0.5, 0.6) is 0 Å². The van der Waals surface area contributed by atoms with Crippen LogP contribution in [0.1, 0.15) is 19.8 Å². The van der Waals surface area contributed by atoms with Crippen molar-refractivity contribution < 1.29 is 4.74 Å². The third kappa shape index (κ3) is 6.71. The molecule has 0 atom stereocenters. The molecule has 0 saturated carbocycles. The van der Waals surface area contributed by atoms with Gasteiger partial charge >= 0.3 is 0 Å². The summed E-state index contributed by atoms with van der Waals surface area (Å²) in [6, 6.07) is 0. The van der Waals surface area contributed by atoms with Crippen LogP contribution in [0, 0.1) is 0 Å². The van der Waals surface area contributed by atoms with Crippen molar-refractivity contribution in [3.8, 4) is 0 Å². The van der Waals surface area contributed by atoms with Crippen LogP contribution in [0.4, 0.5) is 0 Å². The van der Waals surface area contributed by atoms with Gasteiger partial charge in [0.05, 0.1) is 0 Å². The third-order valence-electron chi connectivity index (χ3n) is 2.38. The highest BCUT2D eigenvalue weighted by Gasteiger charge is 1.98. The molecular formula is C12H23N3OS. The van der Waals surface area contributed by atoms with Crippen LogP contribution < -0.4 is 5.32 Å². The SMILES string of the molecule is CCOCCCCNCCSc1nccn1C. The standard InChI is InChI=1S/C12H23N3OS/c1-3-16-10-5-4-6-13-8-11-17-12-14-7-9-15(12)2/h7,9,13H,3-6,8,10-11H2,1-2H3. The van der Waals surface area contributed by atoms with Gasteiger partial charge in [0.25, 0.3) is 0 Å². The Bertz CT molecular complexity index is 291. The molecule has 0 fully saturated rings. The largest absolute Gasteiger partial charge is 0.382 e. The van der Waals surface area contributed by atoms with E-state index in [2.05, 4.69) is 10.3 Å². The highest BCUT2D eigenvalue weighted by Crippen LogP contribution is 2.12. The Hall–Kier alpha value is -0.520. The molecule has 0 radical (unpaired) electrons. The van der Waals surface area contributed by atoms with Gasteiger partial charge in [0.15, 0.2) is 5.16 Å². The monoisotopic (exact) mass is 257 g/mol. The van der Waals surface area contributed by atoms with Gasteiger partial charge in [-0.1, -0.05) is 11.8 Å². The molecule has 5 heteroatoms. The van der Waals surface area contributed by atoms with Gasteiger partial charge < -0.3 is 14.6 Å². The van der Waals surface area contributed by atoms with E-state index < -0.39 is 0 Å². The number of aromatic nitrogens is 2. The molecule has 0 spiro atoms. The van der Waals surface area contributed by atoms with E-state index in [9.17, 15) is 0 Å². The fourth-order valence-corrected chi connectivity index (χ4v) is 2.26. The van der Waals surface area contributed by atoms with Gasteiger partial charge in [-0.3, -0.25) is 0 Å². The summed E-state index contributed by atoms with van der Waals surface area (Å²) < 4.78 is 7.33. The minimum Gasteiger partial charge on any atom is -0.382 e. The molecule has 1 aromatic rings. The second-order valence-corrected chi connectivity index (χ2v) is 4.89. The molecule has 0 aliphatic heterocycles. The number of hydrogen-bond donors (Lipinski definition) is 1. The van der Waals surface area contributed by atoms with Crippen LogP contribution in [-0.4, -0.2) is 41.6 Å². The predicted molar refractivity (Wildman–Crippen MR) is 72.5 cm³/mol. The summed E-state index contributed by atoms with van der Waals surface area (Å²) in [5.41, 5.74) is 0. The summed E-state index contributed by atoms with van der Waals surface area (Å²) in [5.74, 6) is 1.07. The zero-order chi connectivity index (χ0) is 12.3. The minimum atomic E-state index is 0.827. The summed E-state index contributed by atoms with van der Waals surface area (Å²) in [6.45, 7) is 5.86. The molecular weight excluding hydrogens is 234 g/mol. The van der Waals surface area contributed by atoms with Crippen molar-refractivity contribution in [2.75, 3.05) is 32.1 Å². The number of thioether (sulfide) groups is 1. The number of aryl methyl sites for hydroxylation is 1. The van der Waals surface area contributed by atoms with Crippen molar-refractivity contribution in [1.29, 1.82) is 0 Å². The molecule has 1 aromatic heterocycles. The van der Waals surface area contributed by atoms with E-state index in [1.807, 2.05) is 30.9 Å². The highest BCUT2D eigenvalue weighted by atomic mass is 32.2. The van der Waals surface area contributed by atoms with Crippen molar-refractivity contribution in [2.24, 2.45) is 7.05 Å². The van der Waals surface area contributed by atoms with Crippen molar-refractivity contribution in [2.45, 2.75) is 24.9 Å². The Morgan fingerprint density at radius 3 is 3.00 bits per heavy atom. The number of unbranched alkanes of at least 4 members (excludes halogenated alkanes) is 1. The van der Waals surface area contributed by atoms with Crippen molar-refractivity contribution >= 4 is 11.8 Å². The van der Waals surface area contributed by atoms with Crippen LogP contribution in [-0.2, 0) is 11.8 Å².